The van der Waals surface area contributed by atoms with E-state index in [1.165, 1.54) is 27.8 Å². The van der Waals surface area contributed by atoms with Crippen LogP contribution >= 0.6 is 9.69 Å². The summed E-state index contributed by atoms with van der Waals surface area (Å²) in [6.07, 6.45) is 0.773. The molecular weight excluding hydrogens is 377 g/mol. The van der Waals surface area contributed by atoms with Crippen molar-refractivity contribution in [1.29, 1.82) is 0 Å². The van der Waals surface area contributed by atoms with Crippen LogP contribution in [0.15, 0.2) is 0 Å². The number of hydrogen-bond donors (Lipinski definition) is 1. The van der Waals surface area contributed by atoms with Crippen molar-refractivity contribution in [3.05, 3.63) is 27.8 Å². The molecular formula is C16H27ClNO2Rh. The number of carboxylic acid groups (broad SMARTS) is 1. The fraction of sp³-hybridized carbons (Fsp3) is 0.625. The van der Waals surface area contributed by atoms with Crippen LogP contribution in [0.1, 0.15) is 48.1 Å². The van der Waals surface area contributed by atoms with E-state index in [4.69, 9.17) is 5.73 Å². The topological polar surface area (TPSA) is 66.2 Å². The van der Waals surface area contributed by atoms with E-state index in [1.807, 2.05) is 24.2 Å². The zero-order valence-electron chi connectivity index (χ0n) is 14.0. The number of hydrogen-bond acceptors (Lipinski definition) is 3. The molecule has 0 radical (unpaired) electrons. The second kappa shape index (κ2) is 11.3. The van der Waals surface area contributed by atoms with Crippen LogP contribution in [-0.4, -0.2) is 12.0 Å². The predicted octanol–water partition coefficient (Wildman–Crippen LogP) is 2.74. The molecule has 1 rings (SSSR count). The Morgan fingerprint density at radius 1 is 1.24 bits per heavy atom. The molecule has 0 bridgehead atoms. The average Bonchev–Trinajstić information content (AvgIpc) is 2.66. The number of nitrogens with two attached hydrogens (primary N) is 1. The van der Waals surface area contributed by atoms with Gasteiger partial charge < -0.3 is 15.6 Å². The zero-order chi connectivity index (χ0) is 17.3. The summed E-state index contributed by atoms with van der Waals surface area (Å²) in [5, 5.41) is 10.1. The Labute approximate surface area is 143 Å². The monoisotopic (exact) mass is 403 g/mol. The Kier molecular flexibility index (Phi) is 12.3. The van der Waals surface area contributed by atoms with Gasteiger partial charge in [-0.1, -0.05) is 54.9 Å². The Morgan fingerprint density at radius 3 is 1.67 bits per heavy atom. The van der Waals surface area contributed by atoms with Gasteiger partial charge in [-0.25, -0.2) is 0 Å². The summed E-state index contributed by atoms with van der Waals surface area (Å²) >= 11 is 2.02. The van der Waals surface area contributed by atoms with E-state index in [0.29, 0.717) is 0 Å². The van der Waals surface area contributed by atoms with E-state index < -0.39 is 12.0 Å². The fourth-order valence-electron chi connectivity index (χ4n) is 1.89. The van der Waals surface area contributed by atoms with Crippen molar-refractivity contribution in [2.45, 2.75) is 60.9 Å². The SMILES string of the molecule is CCC(C)[C@H](N)C(=O)[O-].Cc1c(C)c(C)[c-](C)c1C.[Cl][Rh+2]. The second-order valence-corrected chi connectivity index (χ2v) is 5.36. The van der Waals surface area contributed by atoms with Gasteiger partial charge in [-0.2, -0.15) is 27.8 Å². The van der Waals surface area contributed by atoms with Crippen molar-refractivity contribution >= 4 is 15.7 Å². The Morgan fingerprint density at radius 2 is 1.57 bits per heavy atom. The van der Waals surface area contributed by atoms with Crippen LogP contribution in [0.25, 0.3) is 0 Å². The van der Waals surface area contributed by atoms with Crippen molar-refractivity contribution in [2.24, 2.45) is 11.7 Å². The summed E-state index contributed by atoms with van der Waals surface area (Å²) in [5.74, 6) is -1.15. The molecule has 0 aliphatic rings. The third-order valence-corrected chi connectivity index (χ3v) is 4.34. The van der Waals surface area contributed by atoms with Crippen molar-refractivity contribution in [3.8, 4) is 0 Å². The van der Waals surface area contributed by atoms with Crippen molar-refractivity contribution < 1.29 is 27.2 Å². The first-order chi connectivity index (χ1) is 9.64. The van der Waals surface area contributed by atoms with Gasteiger partial charge in [-0.15, -0.1) is 0 Å². The van der Waals surface area contributed by atoms with Gasteiger partial charge in [0.05, 0.1) is 5.97 Å². The molecule has 1 aromatic rings. The molecule has 0 aliphatic heterocycles. The molecule has 3 nitrogen and oxygen atoms in total. The molecule has 0 aliphatic carbocycles. The van der Waals surface area contributed by atoms with Crippen LogP contribution in [0, 0.1) is 40.5 Å². The van der Waals surface area contributed by atoms with E-state index in [0.717, 1.165) is 6.42 Å². The molecule has 1 unspecified atom stereocenters. The molecule has 0 fully saturated rings. The second-order valence-electron chi connectivity index (χ2n) is 5.36. The quantitative estimate of drug-likeness (QED) is 0.623. The summed E-state index contributed by atoms with van der Waals surface area (Å²) in [6.45, 7) is 14.7. The molecule has 0 saturated heterocycles. The van der Waals surface area contributed by atoms with Gasteiger partial charge in [0.15, 0.2) is 0 Å². The van der Waals surface area contributed by atoms with Crippen molar-refractivity contribution in [2.75, 3.05) is 0 Å². The fourth-order valence-corrected chi connectivity index (χ4v) is 1.89. The van der Waals surface area contributed by atoms with Gasteiger partial charge in [0.2, 0.25) is 0 Å². The molecule has 5 heteroatoms. The zero-order valence-corrected chi connectivity index (χ0v) is 16.4. The summed E-state index contributed by atoms with van der Waals surface area (Å²) in [5.41, 5.74) is 12.5. The number of carbonyl (C=O) groups is 1. The molecule has 0 saturated carbocycles. The van der Waals surface area contributed by atoms with Crippen LogP contribution in [0.4, 0.5) is 0 Å². The Balaban J connectivity index is 0. The normalized spacial score (nSPS) is 12.5. The van der Waals surface area contributed by atoms with Crippen molar-refractivity contribution in [1.82, 2.24) is 0 Å². The maximum absolute atomic E-state index is 10.1. The summed E-state index contributed by atoms with van der Waals surface area (Å²) in [6, 6.07) is -0.810. The molecule has 124 valence electrons. The number of rotatable bonds is 3. The predicted molar refractivity (Wildman–Crippen MR) is 84.0 cm³/mol. The molecule has 0 spiro atoms. The van der Waals surface area contributed by atoms with E-state index in [9.17, 15) is 9.90 Å². The maximum atomic E-state index is 10.1. The van der Waals surface area contributed by atoms with Gasteiger partial charge >= 0.3 is 27.0 Å². The molecule has 0 aromatic heterocycles. The first-order valence-electron chi connectivity index (χ1n) is 6.93. The van der Waals surface area contributed by atoms with Crippen LogP contribution in [0.5, 0.6) is 0 Å². The van der Waals surface area contributed by atoms with Crippen LogP contribution < -0.4 is 10.8 Å². The minimum absolute atomic E-state index is 0.00926. The molecule has 2 atom stereocenters. The minimum atomic E-state index is -1.16. The molecule has 2 N–H and O–H groups in total. The molecule has 1 aromatic carbocycles. The van der Waals surface area contributed by atoms with Crippen molar-refractivity contribution in [3.63, 3.8) is 0 Å². The first-order valence-corrected chi connectivity index (χ1v) is 9.04. The van der Waals surface area contributed by atoms with Gasteiger partial charge in [0.1, 0.15) is 0 Å². The average molecular weight is 404 g/mol. The summed E-state index contributed by atoms with van der Waals surface area (Å²) < 4.78 is 0. The van der Waals surface area contributed by atoms with Gasteiger partial charge in [0, 0.05) is 6.04 Å². The molecule has 0 heterocycles. The van der Waals surface area contributed by atoms with E-state index in [-0.39, 0.29) is 5.92 Å². The summed E-state index contributed by atoms with van der Waals surface area (Å²) in [7, 11) is 4.53. The van der Waals surface area contributed by atoms with Gasteiger partial charge in [0.25, 0.3) is 0 Å². The van der Waals surface area contributed by atoms with E-state index >= 15 is 0 Å². The number of carboxylic acids is 1. The van der Waals surface area contributed by atoms with Gasteiger partial charge in [-0.3, -0.25) is 0 Å². The molecule has 0 amide bonds. The third-order valence-electron chi connectivity index (χ3n) is 4.34. The Bertz CT molecular complexity index is 364. The van der Waals surface area contributed by atoms with E-state index in [2.05, 4.69) is 44.3 Å². The van der Waals surface area contributed by atoms with Crippen LogP contribution in [-0.2, 0) is 22.1 Å². The van der Waals surface area contributed by atoms with Crippen LogP contribution in [0.2, 0.25) is 0 Å². The van der Waals surface area contributed by atoms with Crippen LogP contribution in [0.3, 0.4) is 0 Å². The van der Waals surface area contributed by atoms with E-state index in [1.54, 1.807) is 6.92 Å². The number of carbonyl (C=O) groups excluding carboxylic acids is 1. The summed E-state index contributed by atoms with van der Waals surface area (Å²) in [4.78, 5) is 10.1. The third kappa shape index (κ3) is 6.99. The first kappa shape index (κ1) is 23.0. The number of aliphatic carboxylic acids is 1. The molecule has 21 heavy (non-hydrogen) atoms. The Hall–Kier alpha value is -0.307. The van der Waals surface area contributed by atoms with Gasteiger partial charge in [-0.05, 0) is 5.92 Å². The number of halogens is 1. The standard InChI is InChI=1S/C10H15.C6H13NO2.ClH.Rh/c1-6-7(2)9(4)10(5)8(6)3;1-3-4(2)5(7)6(8)9;;/h1-5H3;4-5H,3,7H2,1-2H3,(H,8,9);1H;/q-1;;;+3/p-2/t;4?,5-;;/m.0../s1.